The number of benzene rings is 1. The summed E-state index contributed by atoms with van der Waals surface area (Å²) in [5, 5.41) is 11.4. The van der Waals surface area contributed by atoms with Gasteiger partial charge in [0.25, 0.3) is 5.91 Å². The fourth-order valence-electron chi connectivity index (χ4n) is 2.74. The molecule has 1 aromatic carbocycles. The maximum Gasteiger partial charge on any atom is 0.293 e. The van der Waals surface area contributed by atoms with E-state index in [1.165, 1.54) is 17.4 Å². The fourth-order valence-corrected chi connectivity index (χ4v) is 3.56. The number of halogens is 1. The van der Waals surface area contributed by atoms with E-state index in [0.717, 1.165) is 25.2 Å². The summed E-state index contributed by atoms with van der Waals surface area (Å²) in [5.74, 6) is -1.41. The third-order valence-corrected chi connectivity index (χ3v) is 5.16. The van der Waals surface area contributed by atoms with Crippen LogP contribution in [-0.4, -0.2) is 22.7 Å². The highest BCUT2D eigenvalue weighted by Gasteiger charge is 2.23. The third kappa shape index (κ3) is 4.49. The van der Waals surface area contributed by atoms with E-state index in [1.54, 1.807) is 18.2 Å². The second kappa shape index (κ2) is 8.50. The second-order valence-electron chi connectivity index (χ2n) is 6.25. The van der Waals surface area contributed by atoms with Gasteiger partial charge >= 0.3 is 0 Å². The number of aromatic nitrogens is 2. The maximum absolute atomic E-state index is 13.6. The van der Waals surface area contributed by atoms with Gasteiger partial charge in [-0.1, -0.05) is 29.5 Å². The number of carbonyl (C=O) groups is 1. The van der Waals surface area contributed by atoms with Crippen LogP contribution in [-0.2, 0) is 11.3 Å². The van der Waals surface area contributed by atoms with Gasteiger partial charge in [0.2, 0.25) is 16.3 Å². The number of rotatable bonds is 6. The molecule has 10 heteroatoms. The molecule has 1 aliphatic heterocycles. The molecule has 1 amide bonds. The van der Waals surface area contributed by atoms with Crippen LogP contribution >= 0.6 is 11.3 Å². The van der Waals surface area contributed by atoms with Gasteiger partial charge in [-0.2, -0.15) is 0 Å². The van der Waals surface area contributed by atoms with Crippen LogP contribution in [0, 0.1) is 5.82 Å². The Morgan fingerprint density at radius 1 is 1.34 bits per heavy atom. The van der Waals surface area contributed by atoms with Gasteiger partial charge in [0, 0.05) is 18.2 Å². The summed E-state index contributed by atoms with van der Waals surface area (Å²) in [7, 11) is 0. The van der Waals surface area contributed by atoms with Crippen molar-refractivity contribution in [2.75, 3.05) is 11.9 Å². The second-order valence-corrected chi connectivity index (χ2v) is 7.26. The van der Waals surface area contributed by atoms with Crippen LogP contribution < -0.4 is 15.5 Å². The Morgan fingerprint density at radius 3 is 2.97 bits per heavy atom. The number of anilines is 1. The molecular formula is C19H16FN3O5S. The van der Waals surface area contributed by atoms with Gasteiger partial charge in [-0.15, -0.1) is 10.2 Å². The van der Waals surface area contributed by atoms with Crippen LogP contribution in [0.25, 0.3) is 0 Å². The summed E-state index contributed by atoms with van der Waals surface area (Å²) in [6, 6.07) is 7.07. The summed E-state index contributed by atoms with van der Waals surface area (Å²) in [6.07, 6.45) is 2.76. The van der Waals surface area contributed by atoms with E-state index in [2.05, 4.69) is 15.5 Å². The fraction of sp³-hybridized carbons (Fsp3) is 0.263. The van der Waals surface area contributed by atoms with E-state index in [1.807, 2.05) is 0 Å². The van der Waals surface area contributed by atoms with E-state index < -0.39 is 17.2 Å². The summed E-state index contributed by atoms with van der Waals surface area (Å²) in [5.41, 5.74) is -0.262. The average Bonchev–Trinajstić information content (AvgIpc) is 3.40. The lowest BCUT2D eigenvalue weighted by molar-refractivity contribution is 0.0993. The Hall–Kier alpha value is -3.11. The van der Waals surface area contributed by atoms with Crippen molar-refractivity contribution in [2.45, 2.75) is 25.6 Å². The highest BCUT2D eigenvalue weighted by atomic mass is 32.1. The molecule has 0 saturated carbocycles. The molecule has 1 saturated heterocycles. The van der Waals surface area contributed by atoms with Gasteiger partial charge < -0.3 is 13.9 Å². The first kappa shape index (κ1) is 19.2. The molecule has 29 heavy (non-hydrogen) atoms. The molecule has 3 heterocycles. The van der Waals surface area contributed by atoms with Gasteiger partial charge in [0.15, 0.2) is 5.76 Å². The molecule has 2 aromatic heterocycles. The summed E-state index contributed by atoms with van der Waals surface area (Å²) in [4.78, 5) is 24.5. The molecule has 0 bridgehead atoms. The van der Waals surface area contributed by atoms with Gasteiger partial charge in [0.05, 0.1) is 0 Å². The SMILES string of the molecule is O=C(Nc1nnc(C2CCCO2)s1)c1cc(=O)c(OCc2ccccc2F)co1. The molecule has 8 nitrogen and oxygen atoms in total. The standard InChI is InChI=1S/C19H16FN3O5S/c20-12-5-2-1-4-11(12)9-27-16-10-28-15(8-13(16)24)17(25)21-19-23-22-18(29-19)14-6-3-7-26-14/h1-2,4-5,8,10,14H,3,6-7,9H2,(H,21,23,25). The number of hydrogen-bond acceptors (Lipinski definition) is 8. The summed E-state index contributed by atoms with van der Waals surface area (Å²) >= 11 is 1.21. The van der Waals surface area contributed by atoms with Crippen LogP contribution in [0.4, 0.5) is 9.52 Å². The lowest BCUT2D eigenvalue weighted by atomic mass is 10.2. The van der Waals surface area contributed by atoms with Gasteiger partial charge in [-0.25, -0.2) is 4.39 Å². The summed E-state index contributed by atoms with van der Waals surface area (Å²) in [6.45, 7) is 0.544. The largest absolute Gasteiger partial charge is 0.482 e. The van der Waals surface area contributed by atoms with E-state index in [4.69, 9.17) is 13.9 Å². The van der Waals surface area contributed by atoms with Crippen molar-refractivity contribution in [1.29, 1.82) is 0 Å². The number of nitrogens with zero attached hydrogens (tertiary/aromatic N) is 2. The third-order valence-electron chi connectivity index (χ3n) is 4.23. The van der Waals surface area contributed by atoms with E-state index >= 15 is 0 Å². The first-order valence-electron chi connectivity index (χ1n) is 8.85. The Balaban J connectivity index is 1.40. The van der Waals surface area contributed by atoms with Crippen LogP contribution in [0.2, 0.25) is 0 Å². The van der Waals surface area contributed by atoms with E-state index in [-0.39, 0.29) is 29.4 Å². The summed E-state index contributed by atoms with van der Waals surface area (Å²) < 4.78 is 29.7. The number of ether oxygens (including phenoxy) is 2. The molecule has 0 radical (unpaired) electrons. The first-order chi connectivity index (χ1) is 14.1. The van der Waals surface area contributed by atoms with Gasteiger partial charge in [0.1, 0.15) is 29.8 Å². The molecule has 4 rings (SSSR count). The van der Waals surface area contributed by atoms with Crippen molar-refractivity contribution in [2.24, 2.45) is 0 Å². The molecule has 1 aliphatic rings. The van der Waals surface area contributed by atoms with Gasteiger partial charge in [-0.05, 0) is 18.9 Å². The van der Waals surface area contributed by atoms with Crippen LogP contribution in [0.15, 0.2) is 45.8 Å². The lowest BCUT2D eigenvalue weighted by Gasteiger charge is -2.06. The molecule has 1 atom stereocenters. The van der Waals surface area contributed by atoms with Crippen molar-refractivity contribution < 1.29 is 23.1 Å². The van der Waals surface area contributed by atoms with Crippen LogP contribution in [0.1, 0.15) is 40.1 Å². The molecule has 0 aliphatic carbocycles. The Bertz CT molecular complexity index is 1080. The van der Waals surface area contributed by atoms with Crippen molar-refractivity contribution in [1.82, 2.24) is 10.2 Å². The number of amides is 1. The zero-order valence-corrected chi connectivity index (χ0v) is 15.9. The van der Waals surface area contributed by atoms with Crippen molar-refractivity contribution in [3.8, 4) is 5.75 Å². The zero-order valence-electron chi connectivity index (χ0n) is 15.1. The minimum absolute atomic E-state index is 0.0954. The number of carbonyl (C=O) groups excluding carboxylic acids is 1. The molecule has 150 valence electrons. The average molecular weight is 417 g/mol. The van der Waals surface area contributed by atoms with E-state index in [9.17, 15) is 14.0 Å². The molecule has 1 N–H and O–H groups in total. The van der Waals surface area contributed by atoms with Crippen molar-refractivity contribution in [3.63, 3.8) is 0 Å². The quantitative estimate of drug-likeness (QED) is 0.656. The highest BCUT2D eigenvalue weighted by molar-refractivity contribution is 7.15. The first-order valence-corrected chi connectivity index (χ1v) is 9.67. The monoisotopic (exact) mass is 417 g/mol. The predicted octanol–water partition coefficient (Wildman–Crippen LogP) is 3.31. The van der Waals surface area contributed by atoms with Crippen LogP contribution in [0.3, 0.4) is 0 Å². The number of hydrogen-bond donors (Lipinski definition) is 1. The molecular weight excluding hydrogens is 401 g/mol. The number of nitrogens with one attached hydrogen (secondary N) is 1. The molecule has 3 aromatic rings. The van der Waals surface area contributed by atoms with Crippen molar-refractivity contribution >= 4 is 22.4 Å². The Kier molecular flexibility index (Phi) is 5.63. The predicted molar refractivity (Wildman–Crippen MR) is 101 cm³/mol. The van der Waals surface area contributed by atoms with Crippen molar-refractivity contribution in [3.05, 3.63) is 69.0 Å². The highest BCUT2D eigenvalue weighted by Crippen LogP contribution is 2.32. The molecule has 0 spiro atoms. The van der Waals surface area contributed by atoms with Crippen LogP contribution in [0.5, 0.6) is 5.75 Å². The molecule has 1 fully saturated rings. The Labute approximate surface area is 168 Å². The minimum Gasteiger partial charge on any atom is -0.482 e. The maximum atomic E-state index is 13.6. The lowest BCUT2D eigenvalue weighted by Crippen LogP contribution is -2.15. The minimum atomic E-state index is -0.641. The Morgan fingerprint density at radius 2 is 2.21 bits per heavy atom. The zero-order chi connectivity index (χ0) is 20.2. The van der Waals surface area contributed by atoms with E-state index in [0.29, 0.717) is 17.2 Å². The topological polar surface area (TPSA) is 104 Å². The normalized spacial score (nSPS) is 16.0. The smallest absolute Gasteiger partial charge is 0.293 e. The molecule has 1 unspecified atom stereocenters. The van der Waals surface area contributed by atoms with Gasteiger partial charge in [-0.3, -0.25) is 14.9 Å².